The predicted molar refractivity (Wildman–Crippen MR) is 162 cm³/mol. The van der Waals surface area contributed by atoms with Crippen molar-refractivity contribution >= 4 is 44.3 Å². The zero-order chi connectivity index (χ0) is 28.8. The fourth-order valence-electron chi connectivity index (χ4n) is 6.30. The Hall–Kier alpha value is -2.63. The minimum absolute atomic E-state index is 0.0396. The highest BCUT2D eigenvalue weighted by atomic mass is 35.5. The molecule has 11 heteroatoms. The van der Waals surface area contributed by atoms with Gasteiger partial charge in [-0.25, -0.2) is 0 Å². The molecule has 1 amide bonds. The number of halogens is 1. The Morgan fingerprint density at radius 2 is 1.88 bits per heavy atom. The molecule has 2 N–H and O–H groups in total. The second-order valence-electron chi connectivity index (χ2n) is 12.0. The van der Waals surface area contributed by atoms with E-state index in [9.17, 15) is 13.2 Å². The number of anilines is 1. The molecule has 0 saturated carbocycles. The van der Waals surface area contributed by atoms with E-state index in [0.29, 0.717) is 35.8 Å². The van der Waals surface area contributed by atoms with Crippen molar-refractivity contribution in [2.75, 3.05) is 50.2 Å². The highest BCUT2D eigenvalue weighted by Crippen LogP contribution is 2.36. The number of benzene rings is 2. The molecule has 4 heterocycles. The van der Waals surface area contributed by atoms with Crippen molar-refractivity contribution in [1.82, 2.24) is 19.5 Å². The number of H-pyrrole nitrogens is 1. The van der Waals surface area contributed by atoms with E-state index in [1.165, 1.54) is 9.87 Å². The van der Waals surface area contributed by atoms with Gasteiger partial charge in [0, 0.05) is 48.3 Å². The van der Waals surface area contributed by atoms with Crippen molar-refractivity contribution in [2.24, 2.45) is 0 Å². The normalized spacial score (nSPS) is 23.5. The second-order valence-corrected chi connectivity index (χ2v) is 14.2. The number of aromatic nitrogens is 1. The van der Waals surface area contributed by atoms with Crippen molar-refractivity contribution in [3.63, 3.8) is 0 Å². The number of nitrogens with zero attached hydrogens (tertiary/aromatic N) is 3. The van der Waals surface area contributed by atoms with Crippen LogP contribution in [0.3, 0.4) is 0 Å². The van der Waals surface area contributed by atoms with Gasteiger partial charge in [-0.2, -0.15) is 12.7 Å². The number of ether oxygens (including phenoxy) is 1. The molecular weight excluding hydrogens is 562 g/mol. The summed E-state index contributed by atoms with van der Waals surface area (Å²) in [4.78, 5) is 18.7. The molecule has 3 fully saturated rings. The Morgan fingerprint density at radius 3 is 2.63 bits per heavy atom. The summed E-state index contributed by atoms with van der Waals surface area (Å²) in [6.45, 7) is 9.77. The van der Waals surface area contributed by atoms with Crippen molar-refractivity contribution in [3.8, 4) is 0 Å². The molecule has 0 unspecified atom stereocenters. The standard InChI is InChI=1S/C30H38ClN5O4S/c1-30(2,11-13-34-14-16-40-17-15-34)22-6-8-23(9-7-22)36-20-28-26(4-3-12-35(28)41(36,38)39)33-29(37)21-5-10-24-25(31)19-32-27(24)18-21/h5-10,18-19,26,28,32H,3-4,11-17,20H2,1-2H3,(H,33,37)/t26-,28-/m1/s1. The van der Waals surface area contributed by atoms with Crippen molar-refractivity contribution in [3.05, 3.63) is 64.8 Å². The Morgan fingerprint density at radius 1 is 1.12 bits per heavy atom. The lowest BCUT2D eigenvalue weighted by Crippen LogP contribution is -2.54. The number of carbonyl (C=O) groups excluding carboxylic acids is 1. The third-order valence-corrected chi connectivity index (χ3v) is 11.2. The number of piperidine rings is 1. The number of nitrogens with one attached hydrogen (secondary N) is 2. The maximum absolute atomic E-state index is 13.6. The number of hydrogen-bond donors (Lipinski definition) is 2. The molecule has 0 spiro atoms. The van der Waals surface area contributed by atoms with E-state index in [0.717, 1.165) is 56.6 Å². The van der Waals surface area contributed by atoms with Crippen molar-refractivity contribution in [2.45, 2.75) is 50.6 Å². The summed E-state index contributed by atoms with van der Waals surface area (Å²) in [5.41, 5.74) is 3.11. The molecule has 3 aliphatic rings. The molecule has 9 nitrogen and oxygen atoms in total. The summed E-state index contributed by atoms with van der Waals surface area (Å²) in [6.07, 6.45) is 4.12. The Labute approximate surface area is 247 Å². The van der Waals surface area contributed by atoms with Gasteiger partial charge in [0.05, 0.1) is 36.5 Å². The number of fused-ring (bicyclic) bond motifs is 2. The summed E-state index contributed by atoms with van der Waals surface area (Å²) >= 11 is 6.18. The van der Waals surface area contributed by atoms with Gasteiger partial charge in [-0.05, 0) is 61.1 Å². The van der Waals surface area contributed by atoms with Crippen LogP contribution in [0.1, 0.15) is 49.0 Å². The monoisotopic (exact) mass is 599 g/mol. The molecule has 3 aromatic rings. The van der Waals surface area contributed by atoms with Gasteiger partial charge in [-0.3, -0.25) is 14.0 Å². The lowest BCUT2D eigenvalue weighted by Gasteiger charge is -2.34. The Kier molecular flexibility index (Phi) is 7.80. The number of amides is 1. The summed E-state index contributed by atoms with van der Waals surface area (Å²) in [5.74, 6) is -0.219. The van der Waals surface area contributed by atoms with Crippen LogP contribution in [-0.2, 0) is 20.4 Å². The molecular formula is C30H38ClN5O4S. The minimum atomic E-state index is -3.70. The smallest absolute Gasteiger partial charge is 0.304 e. The van der Waals surface area contributed by atoms with E-state index in [1.54, 1.807) is 22.6 Å². The van der Waals surface area contributed by atoms with E-state index in [1.807, 2.05) is 18.2 Å². The lowest BCUT2D eigenvalue weighted by molar-refractivity contribution is 0.0350. The van der Waals surface area contributed by atoms with Gasteiger partial charge in [-0.15, -0.1) is 0 Å². The van der Waals surface area contributed by atoms with Crippen LogP contribution in [0, 0.1) is 0 Å². The van der Waals surface area contributed by atoms with Gasteiger partial charge in [0.2, 0.25) is 0 Å². The quantitative estimate of drug-likeness (QED) is 0.425. The number of morpholine rings is 1. The first-order valence-corrected chi connectivity index (χ1v) is 16.2. The topological polar surface area (TPSA) is 98.0 Å². The van der Waals surface area contributed by atoms with Gasteiger partial charge in [0.1, 0.15) is 0 Å². The van der Waals surface area contributed by atoms with Crippen molar-refractivity contribution in [1.29, 1.82) is 0 Å². The third-order valence-electron chi connectivity index (χ3n) is 8.96. The average molecular weight is 600 g/mol. The van der Waals surface area contributed by atoms with Gasteiger partial charge in [0.15, 0.2) is 0 Å². The van der Waals surface area contributed by atoms with Crippen LogP contribution in [0.2, 0.25) is 5.02 Å². The molecule has 3 aliphatic heterocycles. The molecule has 1 aromatic heterocycles. The van der Waals surface area contributed by atoms with Crippen LogP contribution in [0.15, 0.2) is 48.7 Å². The zero-order valence-electron chi connectivity index (χ0n) is 23.6. The lowest BCUT2D eigenvalue weighted by atomic mass is 9.81. The molecule has 220 valence electrons. The number of carbonyl (C=O) groups is 1. The Bertz CT molecular complexity index is 1520. The van der Waals surface area contributed by atoms with Crippen LogP contribution in [0.5, 0.6) is 0 Å². The van der Waals surface area contributed by atoms with Gasteiger partial charge in [0.25, 0.3) is 5.91 Å². The van der Waals surface area contributed by atoms with Gasteiger partial charge < -0.3 is 15.0 Å². The van der Waals surface area contributed by atoms with E-state index in [2.05, 4.69) is 41.2 Å². The summed E-state index contributed by atoms with van der Waals surface area (Å²) in [6, 6.07) is 12.7. The summed E-state index contributed by atoms with van der Waals surface area (Å²) < 4.78 is 35.8. The largest absolute Gasteiger partial charge is 0.379 e. The molecule has 0 radical (unpaired) electrons. The second kappa shape index (κ2) is 11.2. The van der Waals surface area contributed by atoms with Crippen LogP contribution >= 0.6 is 11.6 Å². The first-order chi connectivity index (χ1) is 19.6. The van der Waals surface area contributed by atoms with E-state index >= 15 is 0 Å². The fraction of sp³-hybridized carbons (Fsp3) is 0.500. The minimum Gasteiger partial charge on any atom is -0.379 e. The van der Waals surface area contributed by atoms with Crippen LogP contribution < -0.4 is 9.62 Å². The van der Waals surface area contributed by atoms with Crippen molar-refractivity contribution < 1.29 is 17.9 Å². The van der Waals surface area contributed by atoms with E-state index in [4.69, 9.17) is 16.3 Å². The van der Waals surface area contributed by atoms with E-state index in [-0.39, 0.29) is 23.4 Å². The molecule has 41 heavy (non-hydrogen) atoms. The molecule has 0 bridgehead atoms. The van der Waals surface area contributed by atoms with Crippen LogP contribution in [0.25, 0.3) is 10.9 Å². The first-order valence-electron chi connectivity index (χ1n) is 14.4. The average Bonchev–Trinajstić information content (AvgIpc) is 3.48. The molecule has 0 aliphatic carbocycles. The summed E-state index contributed by atoms with van der Waals surface area (Å²) in [5, 5.41) is 4.59. The number of rotatable bonds is 7. The maximum atomic E-state index is 13.6. The van der Waals surface area contributed by atoms with Gasteiger partial charge in [-0.1, -0.05) is 43.6 Å². The van der Waals surface area contributed by atoms with Gasteiger partial charge >= 0.3 is 10.2 Å². The van der Waals surface area contributed by atoms with Crippen LogP contribution in [-0.4, -0.2) is 86.5 Å². The SMILES string of the molecule is CC(C)(CCN1CCOCC1)c1ccc(N2C[C@@H]3[C@H](NC(=O)c4ccc5c(Cl)c[nH]c5c4)CCCN3S2(=O)=O)cc1. The van der Waals surface area contributed by atoms with E-state index < -0.39 is 10.2 Å². The summed E-state index contributed by atoms with van der Waals surface area (Å²) in [7, 11) is -3.70. The first kappa shape index (κ1) is 28.5. The zero-order valence-corrected chi connectivity index (χ0v) is 25.2. The number of aromatic amines is 1. The molecule has 2 aromatic carbocycles. The molecule has 2 atom stereocenters. The molecule has 6 rings (SSSR count). The maximum Gasteiger partial charge on any atom is 0.304 e. The van der Waals surface area contributed by atoms with Crippen LogP contribution in [0.4, 0.5) is 5.69 Å². The molecule has 3 saturated heterocycles. The third kappa shape index (κ3) is 5.60. The highest BCUT2D eigenvalue weighted by Gasteiger charge is 2.49. The number of hydrogen-bond acceptors (Lipinski definition) is 5. The fourth-order valence-corrected chi connectivity index (χ4v) is 8.42. The Balaban J connectivity index is 1.15. The predicted octanol–water partition coefficient (Wildman–Crippen LogP) is 4.15. The highest BCUT2D eigenvalue weighted by molar-refractivity contribution is 7.90.